The maximum Gasteiger partial charge on any atom is 0.320 e. The van der Waals surface area contributed by atoms with Gasteiger partial charge in [-0.1, -0.05) is 5.16 Å². The highest BCUT2D eigenvalue weighted by atomic mass is 32.2. The van der Waals surface area contributed by atoms with E-state index in [1.807, 2.05) is 0 Å². The van der Waals surface area contributed by atoms with Gasteiger partial charge >= 0.3 is 5.12 Å². The third-order valence-electron chi connectivity index (χ3n) is 3.50. The van der Waals surface area contributed by atoms with E-state index in [0.717, 1.165) is 11.8 Å². The molecule has 0 saturated carbocycles. The Kier molecular flexibility index (Phi) is 4.10. The highest BCUT2D eigenvalue weighted by Crippen LogP contribution is 2.45. The van der Waals surface area contributed by atoms with Crippen LogP contribution in [0.1, 0.15) is 5.56 Å². The molecule has 2 aliphatic heterocycles. The number of aliphatic hydroxyl groups excluding tert-OH is 4. The minimum Gasteiger partial charge on any atom is -0.394 e. The van der Waals surface area contributed by atoms with E-state index in [1.54, 1.807) is 0 Å². The van der Waals surface area contributed by atoms with Gasteiger partial charge in [-0.15, -0.1) is 0 Å². The van der Waals surface area contributed by atoms with E-state index in [9.17, 15) is 24.8 Å². The number of halogens is 1. The van der Waals surface area contributed by atoms with Gasteiger partial charge in [0.1, 0.15) is 29.2 Å². The van der Waals surface area contributed by atoms with Gasteiger partial charge in [0.15, 0.2) is 6.10 Å². The van der Waals surface area contributed by atoms with Gasteiger partial charge in [-0.2, -0.15) is 0 Å². The molecule has 4 N–H and O–H groups in total. The predicted molar refractivity (Wildman–Crippen MR) is 74.3 cm³/mol. The summed E-state index contributed by atoms with van der Waals surface area (Å²) in [5.41, 5.74) is 0.542. The van der Waals surface area contributed by atoms with Crippen molar-refractivity contribution in [2.24, 2.45) is 5.16 Å². The fourth-order valence-corrected chi connectivity index (χ4v) is 3.36. The molecule has 0 amide bonds. The molecule has 1 fully saturated rings. The first kappa shape index (κ1) is 15.7. The van der Waals surface area contributed by atoms with Crippen LogP contribution in [0, 0.1) is 5.82 Å². The van der Waals surface area contributed by atoms with E-state index in [-0.39, 0.29) is 0 Å². The van der Waals surface area contributed by atoms with E-state index in [1.165, 1.54) is 24.3 Å². The Morgan fingerprint density at radius 3 is 2.50 bits per heavy atom. The molecule has 1 unspecified atom stereocenters. The molecule has 2 aliphatic rings. The van der Waals surface area contributed by atoms with E-state index in [2.05, 4.69) is 5.16 Å². The first-order valence-electron chi connectivity index (χ1n) is 6.51. The molecule has 9 heteroatoms. The quantitative estimate of drug-likeness (QED) is 0.571. The minimum atomic E-state index is -1.77. The summed E-state index contributed by atoms with van der Waals surface area (Å²) in [5.74, 6) is -0.407. The van der Waals surface area contributed by atoms with Crippen molar-refractivity contribution in [3.8, 4) is 0 Å². The summed E-state index contributed by atoms with van der Waals surface area (Å²) in [6, 6.07) is 5.45. The van der Waals surface area contributed by atoms with Crippen molar-refractivity contribution in [1.82, 2.24) is 0 Å². The van der Waals surface area contributed by atoms with Crippen molar-refractivity contribution in [2.75, 3.05) is 6.61 Å². The highest BCUT2D eigenvalue weighted by Gasteiger charge is 2.59. The average molecular weight is 331 g/mol. The Morgan fingerprint density at radius 2 is 1.86 bits per heavy atom. The lowest BCUT2D eigenvalue weighted by Crippen LogP contribution is -2.63. The molecule has 2 heterocycles. The van der Waals surface area contributed by atoms with Gasteiger partial charge in [-0.3, -0.25) is 0 Å². The number of rotatable bonds is 2. The van der Waals surface area contributed by atoms with E-state index >= 15 is 0 Å². The molecule has 0 bridgehead atoms. The molecule has 5 atom stereocenters. The molecule has 0 radical (unpaired) electrons. The van der Waals surface area contributed by atoms with Gasteiger partial charge in [0, 0.05) is 5.56 Å². The zero-order valence-corrected chi connectivity index (χ0v) is 12.0. The number of nitrogens with zero attached hydrogens (tertiary/aromatic N) is 1. The van der Waals surface area contributed by atoms with Crippen molar-refractivity contribution in [1.29, 1.82) is 0 Å². The Hall–Kier alpha value is -1.23. The average Bonchev–Trinajstić information content (AvgIpc) is 2.95. The highest BCUT2D eigenvalue weighted by molar-refractivity contribution is 8.15. The Balaban J connectivity index is 1.83. The van der Waals surface area contributed by atoms with Crippen molar-refractivity contribution in [3.05, 3.63) is 35.6 Å². The predicted octanol–water partition coefficient (Wildman–Crippen LogP) is -0.622. The number of oxime groups is 1. The van der Waals surface area contributed by atoms with Gasteiger partial charge in [-0.25, -0.2) is 4.39 Å². The van der Waals surface area contributed by atoms with Gasteiger partial charge in [0.25, 0.3) is 0 Å². The molecule has 0 aromatic heterocycles. The number of thioether (sulfide) groups is 1. The smallest absolute Gasteiger partial charge is 0.320 e. The van der Waals surface area contributed by atoms with Crippen molar-refractivity contribution in [3.63, 3.8) is 0 Å². The second-order valence-corrected chi connectivity index (χ2v) is 6.12. The summed E-state index contributed by atoms with van der Waals surface area (Å²) in [7, 11) is 0. The lowest BCUT2D eigenvalue weighted by Gasteiger charge is -2.43. The van der Waals surface area contributed by atoms with Crippen LogP contribution in [-0.2, 0) is 9.57 Å². The minimum absolute atomic E-state index is 0.319. The van der Waals surface area contributed by atoms with Gasteiger partial charge < -0.3 is 30.0 Å². The zero-order chi connectivity index (χ0) is 15.9. The summed E-state index contributed by atoms with van der Waals surface area (Å²) in [4.78, 5) is 5.14. The van der Waals surface area contributed by atoms with Crippen LogP contribution in [0.25, 0.3) is 0 Å². The SMILES string of the molecule is OC[C@H]1OC2(ON=C(c3ccc(F)cc3)S2)[C@H](O)[C@@H](O)[C@@H]1O. The van der Waals surface area contributed by atoms with Crippen LogP contribution in [0.15, 0.2) is 29.4 Å². The van der Waals surface area contributed by atoms with Crippen LogP contribution in [0.2, 0.25) is 0 Å². The second-order valence-electron chi connectivity index (χ2n) is 4.97. The fraction of sp³-hybridized carbons (Fsp3) is 0.462. The Labute approximate surface area is 129 Å². The lowest BCUT2D eigenvalue weighted by molar-refractivity contribution is -0.318. The maximum atomic E-state index is 12.9. The van der Waals surface area contributed by atoms with Crippen LogP contribution in [-0.4, -0.2) is 61.6 Å². The van der Waals surface area contributed by atoms with Crippen LogP contribution >= 0.6 is 11.8 Å². The molecule has 120 valence electrons. The van der Waals surface area contributed by atoms with Crippen molar-refractivity contribution in [2.45, 2.75) is 29.5 Å². The van der Waals surface area contributed by atoms with Gasteiger partial charge in [0.05, 0.1) is 6.61 Å². The van der Waals surface area contributed by atoms with Crippen LogP contribution in [0.4, 0.5) is 4.39 Å². The van der Waals surface area contributed by atoms with Crippen LogP contribution < -0.4 is 0 Å². The summed E-state index contributed by atoms with van der Waals surface area (Å²) in [5, 5.41) is 41.3. The van der Waals surface area contributed by atoms with E-state index in [4.69, 9.17) is 9.57 Å². The van der Waals surface area contributed by atoms with Crippen molar-refractivity contribution >= 4 is 16.8 Å². The second kappa shape index (κ2) is 5.76. The fourth-order valence-electron chi connectivity index (χ4n) is 2.25. The molecule has 1 saturated heterocycles. The van der Waals surface area contributed by atoms with Crippen LogP contribution in [0.3, 0.4) is 0 Å². The molecular weight excluding hydrogens is 317 g/mol. The summed E-state index contributed by atoms with van der Waals surface area (Å²) >= 11 is 0.877. The number of hydrogen-bond acceptors (Lipinski definition) is 8. The number of hydrogen-bond donors (Lipinski definition) is 4. The first-order valence-corrected chi connectivity index (χ1v) is 7.32. The molecule has 1 aromatic rings. The molecule has 1 spiro atoms. The summed E-state index contributed by atoms with van der Waals surface area (Å²) in [6.07, 6.45) is -5.74. The standard InChI is InChI=1S/C13H14FNO6S/c14-7-3-1-6(2-4-7)12-15-21-13(22-12)11(19)10(18)9(17)8(5-16)20-13/h1-4,8-11,16-19H,5H2/t8-,9-,10+,11-,13?/m1/s1. The zero-order valence-electron chi connectivity index (χ0n) is 11.2. The molecule has 7 nitrogen and oxygen atoms in total. The summed E-state index contributed by atoms with van der Waals surface area (Å²) < 4.78 is 18.3. The third kappa shape index (κ3) is 2.49. The number of benzene rings is 1. The maximum absolute atomic E-state index is 12.9. The molecule has 0 aliphatic carbocycles. The normalized spacial score (nSPS) is 38.0. The van der Waals surface area contributed by atoms with Gasteiger partial charge in [0.2, 0.25) is 0 Å². The Bertz CT molecular complexity index is 582. The number of ether oxygens (including phenoxy) is 1. The molecule has 22 heavy (non-hydrogen) atoms. The lowest BCUT2D eigenvalue weighted by atomic mass is 9.99. The van der Waals surface area contributed by atoms with E-state index in [0.29, 0.717) is 10.6 Å². The van der Waals surface area contributed by atoms with Gasteiger partial charge in [-0.05, 0) is 36.0 Å². The largest absolute Gasteiger partial charge is 0.394 e. The topological polar surface area (TPSA) is 112 Å². The van der Waals surface area contributed by atoms with E-state index < -0.39 is 42.0 Å². The first-order chi connectivity index (χ1) is 10.5. The Morgan fingerprint density at radius 1 is 1.18 bits per heavy atom. The molecule has 3 rings (SSSR count). The monoisotopic (exact) mass is 331 g/mol. The molecule has 1 aromatic carbocycles. The number of aliphatic hydroxyl groups is 4. The van der Waals surface area contributed by atoms with Crippen molar-refractivity contribution < 1.29 is 34.4 Å². The third-order valence-corrected chi connectivity index (χ3v) is 4.70. The molecular formula is C13H14FNO6S. The van der Waals surface area contributed by atoms with Crippen LogP contribution in [0.5, 0.6) is 0 Å². The summed E-state index contributed by atoms with van der Waals surface area (Å²) in [6.45, 7) is -0.567.